The van der Waals surface area contributed by atoms with Gasteiger partial charge >= 0.3 is 0 Å². The van der Waals surface area contributed by atoms with E-state index in [2.05, 4.69) is 26.6 Å². The Kier molecular flexibility index (Phi) is 7.90. The molecule has 0 saturated carbocycles. The van der Waals surface area contributed by atoms with Crippen LogP contribution in [0.1, 0.15) is 24.1 Å². The van der Waals surface area contributed by atoms with Gasteiger partial charge in [-0.3, -0.25) is 9.59 Å². The Balaban J connectivity index is 1.95. The lowest BCUT2D eigenvalue weighted by molar-refractivity contribution is -0.127. The SMILES string of the molecule is CNC(=O)CC1CCN(C(=NCC(=O)N(C)C)NCc2cccs2)CC1. The number of amides is 2. The molecule has 2 heterocycles. The number of likely N-dealkylation sites (tertiary alicyclic amines) is 1. The predicted octanol–water partition coefficient (Wildman–Crippen LogP) is 1.13. The van der Waals surface area contributed by atoms with Gasteiger partial charge in [-0.15, -0.1) is 11.3 Å². The first-order chi connectivity index (χ1) is 12.5. The molecule has 2 amide bonds. The van der Waals surface area contributed by atoms with Crippen molar-refractivity contribution >= 4 is 29.1 Å². The van der Waals surface area contributed by atoms with Gasteiger partial charge in [-0.05, 0) is 30.2 Å². The summed E-state index contributed by atoms with van der Waals surface area (Å²) in [5.41, 5.74) is 0. The molecule has 144 valence electrons. The summed E-state index contributed by atoms with van der Waals surface area (Å²) in [6.45, 7) is 2.52. The number of thiophene rings is 1. The Hall–Kier alpha value is -2.09. The van der Waals surface area contributed by atoms with Crippen molar-refractivity contribution in [2.45, 2.75) is 25.8 Å². The van der Waals surface area contributed by atoms with Gasteiger partial charge in [0.15, 0.2) is 5.96 Å². The minimum absolute atomic E-state index is 0.0186. The fraction of sp³-hybridized carbons (Fsp3) is 0.611. The Morgan fingerprint density at radius 3 is 2.65 bits per heavy atom. The highest BCUT2D eigenvalue weighted by molar-refractivity contribution is 7.09. The Morgan fingerprint density at radius 2 is 2.08 bits per heavy atom. The lowest BCUT2D eigenvalue weighted by Crippen LogP contribution is -2.46. The van der Waals surface area contributed by atoms with Crippen molar-refractivity contribution in [3.8, 4) is 0 Å². The molecular formula is C18H29N5O2S. The zero-order chi connectivity index (χ0) is 18.9. The lowest BCUT2D eigenvalue weighted by atomic mass is 9.93. The Labute approximate surface area is 159 Å². The van der Waals surface area contributed by atoms with Gasteiger partial charge in [0.1, 0.15) is 6.54 Å². The number of carbonyl (C=O) groups is 2. The zero-order valence-corrected chi connectivity index (χ0v) is 16.6. The van der Waals surface area contributed by atoms with E-state index in [-0.39, 0.29) is 18.4 Å². The summed E-state index contributed by atoms with van der Waals surface area (Å²) in [5, 5.41) is 8.13. The molecule has 0 bridgehead atoms. The molecule has 2 N–H and O–H groups in total. The molecular weight excluding hydrogens is 350 g/mol. The van der Waals surface area contributed by atoms with Gasteiger partial charge in [0.25, 0.3) is 0 Å². The largest absolute Gasteiger partial charge is 0.359 e. The maximum Gasteiger partial charge on any atom is 0.243 e. The fourth-order valence-electron chi connectivity index (χ4n) is 2.84. The molecule has 0 radical (unpaired) electrons. The van der Waals surface area contributed by atoms with Crippen molar-refractivity contribution in [3.63, 3.8) is 0 Å². The number of rotatable bonds is 6. The molecule has 0 aliphatic carbocycles. The summed E-state index contributed by atoms with van der Waals surface area (Å²) in [6, 6.07) is 4.11. The molecule has 1 aromatic rings. The predicted molar refractivity (Wildman–Crippen MR) is 105 cm³/mol. The molecule has 26 heavy (non-hydrogen) atoms. The minimum atomic E-state index is -0.0186. The molecule has 8 heteroatoms. The summed E-state index contributed by atoms with van der Waals surface area (Å²) in [6.07, 6.45) is 2.49. The van der Waals surface area contributed by atoms with Crippen LogP contribution in [0.2, 0.25) is 0 Å². The number of hydrogen-bond acceptors (Lipinski definition) is 4. The van der Waals surface area contributed by atoms with E-state index in [1.54, 1.807) is 37.4 Å². The van der Waals surface area contributed by atoms with E-state index in [9.17, 15) is 9.59 Å². The molecule has 0 spiro atoms. The van der Waals surface area contributed by atoms with Gasteiger partial charge < -0.3 is 20.4 Å². The van der Waals surface area contributed by atoms with E-state index in [4.69, 9.17) is 0 Å². The minimum Gasteiger partial charge on any atom is -0.359 e. The number of aliphatic imine (C=N–C) groups is 1. The first-order valence-electron chi connectivity index (χ1n) is 8.96. The lowest BCUT2D eigenvalue weighted by Gasteiger charge is -2.34. The van der Waals surface area contributed by atoms with Crippen LogP contribution in [0.3, 0.4) is 0 Å². The first kappa shape index (κ1) is 20.2. The van der Waals surface area contributed by atoms with Crippen LogP contribution in [0.5, 0.6) is 0 Å². The van der Waals surface area contributed by atoms with E-state index < -0.39 is 0 Å². The van der Waals surface area contributed by atoms with Gasteiger partial charge in [-0.2, -0.15) is 0 Å². The number of likely N-dealkylation sites (N-methyl/N-ethyl adjacent to an activating group) is 1. The summed E-state index contributed by atoms with van der Waals surface area (Å²) in [4.78, 5) is 33.0. The third-order valence-corrected chi connectivity index (χ3v) is 5.41. The van der Waals surface area contributed by atoms with Crippen LogP contribution in [-0.4, -0.2) is 68.4 Å². The molecule has 0 atom stereocenters. The molecule has 1 saturated heterocycles. The second-order valence-electron chi connectivity index (χ2n) is 6.67. The highest BCUT2D eigenvalue weighted by Gasteiger charge is 2.23. The first-order valence-corrected chi connectivity index (χ1v) is 9.84. The highest BCUT2D eigenvalue weighted by Crippen LogP contribution is 2.20. The molecule has 7 nitrogen and oxygen atoms in total. The number of guanidine groups is 1. The van der Waals surface area contributed by atoms with Crippen LogP contribution in [0.4, 0.5) is 0 Å². The van der Waals surface area contributed by atoms with Gasteiger partial charge in [0.2, 0.25) is 11.8 Å². The highest BCUT2D eigenvalue weighted by atomic mass is 32.1. The smallest absolute Gasteiger partial charge is 0.243 e. The topological polar surface area (TPSA) is 77.0 Å². The Bertz CT molecular complexity index is 607. The van der Waals surface area contributed by atoms with Gasteiger partial charge in [-0.25, -0.2) is 4.99 Å². The average molecular weight is 380 g/mol. The summed E-state index contributed by atoms with van der Waals surface area (Å²) in [7, 11) is 5.15. The molecule has 0 unspecified atom stereocenters. The second kappa shape index (κ2) is 10.2. The van der Waals surface area contributed by atoms with Crippen LogP contribution in [0.15, 0.2) is 22.5 Å². The van der Waals surface area contributed by atoms with E-state index in [0.29, 0.717) is 18.9 Å². The number of carbonyl (C=O) groups excluding carboxylic acids is 2. The number of nitrogens with zero attached hydrogens (tertiary/aromatic N) is 3. The summed E-state index contributed by atoms with van der Waals surface area (Å²) < 4.78 is 0. The molecule has 1 aromatic heterocycles. The quantitative estimate of drug-likeness (QED) is 0.574. The van der Waals surface area contributed by atoms with E-state index in [1.165, 1.54) is 4.88 Å². The molecule has 1 aliphatic rings. The maximum atomic E-state index is 11.9. The van der Waals surface area contributed by atoms with Gasteiger partial charge in [0, 0.05) is 45.5 Å². The maximum absolute atomic E-state index is 11.9. The molecule has 1 fully saturated rings. The van der Waals surface area contributed by atoms with Gasteiger partial charge in [-0.1, -0.05) is 6.07 Å². The number of nitrogens with one attached hydrogen (secondary N) is 2. The summed E-state index contributed by atoms with van der Waals surface area (Å²) >= 11 is 1.69. The van der Waals surface area contributed by atoms with Crippen LogP contribution in [0.25, 0.3) is 0 Å². The average Bonchev–Trinajstić information content (AvgIpc) is 3.15. The molecule has 2 rings (SSSR count). The van der Waals surface area contributed by atoms with Crippen molar-refractivity contribution in [3.05, 3.63) is 22.4 Å². The fourth-order valence-corrected chi connectivity index (χ4v) is 3.49. The standard InChI is InChI=1S/C18H29N5O2S/c1-19-16(24)11-14-6-8-23(9-7-14)18(21-13-17(25)22(2)3)20-12-15-5-4-10-26-15/h4-5,10,14H,6-9,11-13H2,1-3H3,(H,19,24)(H,20,21). The van der Waals surface area contributed by atoms with E-state index in [0.717, 1.165) is 31.9 Å². The third kappa shape index (κ3) is 6.33. The van der Waals surface area contributed by atoms with Crippen LogP contribution in [-0.2, 0) is 16.1 Å². The van der Waals surface area contributed by atoms with Crippen molar-refractivity contribution in [1.29, 1.82) is 0 Å². The van der Waals surface area contributed by atoms with Crippen LogP contribution >= 0.6 is 11.3 Å². The van der Waals surface area contributed by atoms with Gasteiger partial charge in [0.05, 0.1) is 6.54 Å². The monoisotopic (exact) mass is 379 g/mol. The van der Waals surface area contributed by atoms with Crippen molar-refractivity contribution in [1.82, 2.24) is 20.4 Å². The normalized spacial score (nSPS) is 15.7. The molecule has 0 aromatic carbocycles. The third-order valence-electron chi connectivity index (χ3n) is 4.53. The number of hydrogen-bond donors (Lipinski definition) is 2. The summed E-state index contributed by atoms with van der Waals surface area (Å²) in [5.74, 6) is 1.26. The van der Waals surface area contributed by atoms with Crippen molar-refractivity contribution in [2.24, 2.45) is 10.9 Å². The van der Waals surface area contributed by atoms with Crippen LogP contribution < -0.4 is 10.6 Å². The molecule has 1 aliphatic heterocycles. The van der Waals surface area contributed by atoms with Crippen LogP contribution in [0, 0.1) is 5.92 Å². The van der Waals surface area contributed by atoms with E-state index in [1.807, 2.05) is 11.4 Å². The van der Waals surface area contributed by atoms with Crippen molar-refractivity contribution < 1.29 is 9.59 Å². The van der Waals surface area contributed by atoms with E-state index >= 15 is 0 Å². The Morgan fingerprint density at radius 1 is 1.35 bits per heavy atom. The van der Waals surface area contributed by atoms with Crippen molar-refractivity contribution in [2.75, 3.05) is 40.8 Å². The second-order valence-corrected chi connectivity index (χ2v) is 7.70. The zero-order valence-electron chi connectivity index (χ0n) is 15.8. The number of piperidine rings is 1.